The molecule has 1 fully saturated rings. The van der Waals surface area contributed by atoms with Crippen molar-refractivity contribution >= 4 is 17.6 Å². The van der Waals surface area contributed by atoms with Crippen molar-refractivity contribution in [3.63, 3.8) is 0 Å². The van der Waals surface area contributed by atoms with Gasteiger partial charge in [0.2, 0.25) is 11.8 Å². The number of aromatic nitrogens is 1. The van der Waals surface area contributed by atoms with E-state index in [1.807, 2.05) is 39.1 Å². The molecule has 0 spiro atoms. The Bertz CT molecular complexity index is 852. The van der Waals surface area contributed by atoms with Crippen LogP contribution in [0.3, 0.4) is 0 Å². The predicted molar refractivity (Wildman–Crippen MR) is 130 cm³/mol. The molecular formula is C26H39N3O5. The fourth-order valence-corrected chi connectivity index (χ4v) is 4.19. The van der Waals surface area contributed by atoms with E-state index in [9.17, 15) is 14.7 Å². The molecule has 8 nitrogen and oxygen atoms in total. The van der Waals surface area contributed by atoms with Crippen LogP contribution in [0.25, 0.3) is 5.57 Å². The lowest BCUT2D eigenvalue weighted by Crippen LogP contribution is -2.42. The average molecular weight is 474 g/mol. The number of nitrogens with zero attached hydrogens (tertiary/aromatic N) is 2. The van der Waals surface area contributed by atoms with Crippen molar-refractivity contribution in [2.24, 2.45) is 11.8 Å². The number of hydrogen-bond donors (Lipinski definition) is 2. The lowest BCUT2D eigenvalue weighted by molar-refractivity contribution is -0.125. The highest BCUT2D eigenvalue weighted by Gasteiger charge is 2.27. The van der Waals surface area contributed by atoms with Crippen LogP contribution in [-0.4, -0.2) is 64.9 Å². The average Bonchev–Trinajstić information content (AvgIpc) is 2.81. The molecule has 2 N–H and O–H groups in total. The van der Waals surface area contributed by atoms with Crippen molar-refractivity contribution in [2.45, 2.75) is 71.5 Å². The molecule has 2 aliphatic rings. The molecular weight excluding hydrogens is 434 g/mol. The molecule has 2 amide bonds. The molecule has 8 heteroatoms. The number of carbonyl (C=O) groups is 2. The Labute approximate surface area is 202 Å². The Hall–Kier alpha value is -2.61. The van der Waals surface area contributed by atoms with Crippen molar-refractivity contribution < 1.29 is 24.2 Å². The second kappa shape index (κ2) is 11.7. The first-order chi connectivity index (χ1) is 16.1. The van der Waals surface area contributed by atoms with Crippen molar-refractivity contribution in [2.75, 3.05) is 26.2 Å². The number of carbonyl (C=O) groups excluding carboxylic acids is 2. The summed E-state index contributed by atoms with van der Waals surface area (Å²) in [6, 6.07) is 3.92. The number of pyridine rings is 1. The van der Waals surface area contributed by atoms with Gasteiger partial charge < -0.3 is 24.8 Å². The van der Waals surface area contributed by atoms with Gasteiger partial charge >= 0.3 is 6.09 Å². The van der Waals surface area contributed by atoms with Crippen LogP contribution in [0.1, 0.15) is 65.4 Å². The molecule has 1 saturated heterocycles. The van der Waals surface area contributed by atoms with Gasteiger partial charge in [0.05, 0.1) is 12.7 Å². The first-order valence-electron chi connectivity index (χ1n) is 12.3. The summed E-state index contributed by atoms with van der Waals surface area (Å²) in [4.78, 5) is 30.6. The summed E-state index contributed by atoms with van der Waals surface area (Å²) < 4.78 is 11.4. The van der Waals surface area contributed by atoms with Gasteiger partial charge in [0, 0.05) is 37.8 Å². The van der Waals surface area contributed by atoms with E-state index in [4.69, 9.17) is 9.47 Å². The fourth-order valence-electron chi connectivity index (χ4n) is 4.19. The van der Waals surface area contributed by atoms with E-state index in [2.05, 4.69) is 16.4 Å². The normalized spacial score (nSPS) is 20.3. The van der Waals surface area contributed by atoms with Gasteiger partial charge in [-0.15, -0.1) is 0 Å². The Morgan fingerprint density at radius 3 is 2.53 bits per heavy atom. The SMILES string of the molecule is CC(O)CNC(=O)C1CC=C(c2ccc(OCC3CCN(C(=O)OC(C)(C)C)CC3)nc2)CC1. The first kappa shape index (κ1) is 26.0. The Morgan fingerprint density at radius 1 is 1.24 bits per heavy atom. The Balaban J connectivity index is 1.41. The van der Waals surface area contributed by atoms with Crippen molar-refractivity contribution in [1.82, 2.24) is 15.2 Å². The van der Waals surface area contributed by atoms with E-state index in [1.165, 1.54) is 5.57 Å². The number of aliphatic hydroxyl groups is 1. The van der Waals surface area contributed by atoms with Gasteiger partial charge in [0.15, 0.2) is 0 Å². The third-order valence-corrected chi connectivity index (χ3v) is 6.19. The second-order valence-electron chi connectivity index (χ2n) is 10.4. The maximum Gasteiger partial charge on any atom is 0.410 e. The number of rotatable bonds is 7. The molecule has 2 atom stereocenters. The van der Waals surface area contributed by atoms with Crippen molar-refractivity contribution in [3.8, 4) is 5.88 Å². The van der Waals surface area contributed by atoms with Crippen LogP contribution >= 0.6 is 0 Å². The summed E-state index contributed by atoms with van der Waals surface area (Å²) in [5, 5.41) is 12.1. The number of hydrogen-bond acceptors (Lipinski definition) is 6. The predicted octanol–water partition coefficient (Wildman–Crippen LogP) is 3.79. The molecule has 0 aromatic carbocycles. The van der Waals surface area contributed by atoms with E-state index >= 15 is 0 Å². The van der Waals surface area contributed by atoms with Crippen molar-refractivity contribution in [1.29, 1.82) is 0 Å². The molecule has 0 bridgehead atoms. The number of aliphatic hydroxyl groups excluding tert-OH is 1. The summed E-state index contributed by atoms with van der Waals surface area (Å²) in [6.45, 7) is 9.54. The standard InChI is InChI=1S/C26H39N3O5/c1-18(30)15-28-24(31)21-7-5-20(6-8-21)22-9-10-23(27-16-22)33-17-19-11-13-29(14-12-19)25(32)34-26(2,3)4/h5,9-10,16,18-19,21,30H,6-8,11-15,17H2,1-4H3,(H,28,31). The molecule has 1 aromatic rings. The van der Waals surface area contributed by atoms with Crippen LogP contribution in [0.4, 0.5) is 4.79 Å². The summed E-state index contributed by atoms with van der Waals surface area (Å²) in [6.07, 6.45) is 7.26. The minimum atomic E-state index is -0.532. The fraction of sp³-hybridized carbons (Fsp3) is 0.654. The van der Waals surface area contributed by atoms with E-state index in [-0.39, 0.29) is 17.9 Å². The zero-order chi connectivity index (χ0) is 24.7. The quantitative estimate of drug-likeness (QED) is 0.625. The van der Waals surface area contributed by atoms with Gasteiger partial charge in [0.25, 0.3) is 0 Å². The van der Waals surface area contributed by atoms with Crippen LogP contribution in [0.5, 0.6) is 5.88 Å². The molecule has 0 saturated carbocycles. The van der Waals surface area contributed by atoms with Crippen LogP contribution < -0.4 is 10.1 Å². The maximum atomic E-state index is 12.2. The van der Waals surface area contributed by atoms with Gasteiger partial charge in [0.1, 0.15) is 5.60 Å². The minimum absolute atomic E-state index is 0.00926. The molecule has 1 aliphatic carbocycles. The monoisotopic (exact) mass is 473 g/mol. The van der Waals surface area contributed by atoms with Gasteiger partial charge in [-0.05, 0) is 82.9 Å². The van der Waals surface area contributed by atoms with Crippen LogP contribution in [0.15, 0.2) is 24.4 Å². The topological polar surface area (TPSA) is 101 Å². The number of nitrogens with one attached hydrogen (secondary N) is 1. The number of amides is 2. The van der Waals surface area contributed by atoms with E-state index in [1.54, 1.807) is 11.8 Å². The molecule has 1 aromatic heterocycles. The number of likely N-dealkylation sites (tertiary alicyclic amines) is 1. The minimum Gasteiger partial charge on any atom is -0.477 e. The van der Waals surface area contributed by atoms with Gasteiger partial charge in [-0.3, -0.25) is 4.79 Å². The van der Waals surface area contributed by atoms with Crippen LogP contribution in [0, 0.1) is 11.8 Å². The Morgan fingerprint density at radius 2 is 1.97 bits per heavy atom. The summed E-state index contributed by atoms with van der Waals surface area (Å²) in [5.41, 5.74) is 1.78. The smallest absolute Gasteiger partial charge is 0.410 e. The van der Waals surface area contributed by atoms with Gasteiger partial charge in [-0.1, -0.05) is 6.08 Å². The van der Waals surface area contributed by atoms with Crippen LogP contribution in [-0.2, 0) is 9.53 Å². The molecule has 188 valence electrons. The number of allylic oxidation sites excluding steroid dienone is 2. The summed E-state index contributed by atoms with van der Waals surface area (Å²) >= 11 is 0. The summed E-state index contributed by atoms with van der Waals surface area (Å²) in [7, 11) is 0. The highest BCUT2D eigenvalue weighted by molar-refractivity contribution is 5.80. The number of piperidine rings is 1. The van der Waals surface area contributed by atoms with Crippen molar-refractivity contribution in [3.05, 3.63) is 30.0 Å². The maximum absolute atomic E-state index is 12.2. The Kier molecular flexibility index (Phi) is 8.94. The molecule has 3 rings (SSSR count). The molecule has 2 heterocycles. The highest BCUT2D eigenvalue weighted by Crippen LogP contribution is 2.30. The largest absolute Gasteiger partial charge is 0.477 e. The first-order valence-corrected chi connectivity index (χ1v) is 12.3. The van der Waals surface area contributed by atoms with E-state index < -0.39 is 11.7 Å². The number of ether oxygens (including phenoxy) is 2. The van der Waals surface area contributed by atoms with Gasteiger partial charge in [-0.2, -0.15) is 0 Å². The highest BCUT2D eigenvalue weighted by atomic mass is 16.6. The van der Waals surface area contributed by atoms with Crippen LogP contribution in [0.2, 0.25) is 0 Å². The molecule has 2 unspecified atom stereocenters. The molecule has 0 radical (unpaired) electrons. The molecule has 1 aliphatic heterocycles. The summed E-state index contributed by atoms with van der Waals surface area (Å²) in [5.74, 6) is 0.957. The third kappa shape index (κ3) is 8.01. The third-order valence-electron chi connectivity index (χ3n) is 6.19. The zero-order valence-electron chi connectivity index (χ0n) is 20.9. The van der Waals surface area contributed by atoms with E-state index in [0.29, 0.717) is 44.5 Å². The van der Waals surface area contributed by atoms with Gasteiger partial charge in [-0.25, -0.2) is 9.78 Å². The lowest BCUT2D eigenvalue weighted by atomic mass is 9.86. The lowest BCUT2D eigenvalue weighted by Gasteiger charge is -2.33. The molecule has 34 heavy (non-hydrogen) atoms. The second-order valence-corrected chi connectivity index (χ2v) is 10.4. The zero-order valence-corrected chi connectivity index (χ0v) is 20.9. The van der Waals surface area contributed by atoms with E-state index in [0.717, 1.165) is 31.2 Å².